The second kappa shape index (κ2) is 11.6. The number of rotatable bonds is 7. The fraction of sp³-hybridized carbons (Fsp3) is 0.129. The number of ether oxygens (including phenoxy) is 1. The predicted molar refractivity (Wildman–Crippen MR) is 151 cm³/mol. The molecule has 0 bridgehead atoms. The quantitative estimate of drug-likeness (QED) is 0.263. The maximum absolute atomic E-state index is 13.8. The Balaban J connectivity index is 1.39. The smallest absolute Gasteiger partial charge is 0.411 e. The van der Waals surface area contributed by atoms with E-state index in [0.29, 0.717) is 21.8 Å². The SMILES string of the molecule is Cc1ccc(CN2C(=O)OC(c3ccc(NC(=O)c4cccc(Cl)c4)cc3)C2C(=O)Nc2cccc(F)c2)cc1. The van der Waals surface area contributed by atoms with E-state index in [9.17, 15) is 18.8 Å². The highest BCUT2D eigenvalue weighted by Crippen LogP contribution is 2.35. The van der Waals surface area contributed by atoms with Gasteiger partial charge in [0, 0.05) is 22.0 Å². The lowest BCUT2D eigenvalue weighted by atomic mass is 10.00. The summed E-state index contributed by atoms with van der Waals surface area (Å²) in [6, 6.07) is 25.4. The number of halogens is 2. The Kier molecular flexibility index (Phi) is 7.79. The lowest BCUT2D eigenvalue weighted by Gasteiger charge is -2.24. The van der Waals surface area contributed by atoms with Gasteiger partial charge >= 0.3 is 6.09 Å². The van der Waals surface area contributed by atoms with E-state index in [0.717, 1.165) is 11.1 Å². The van der Waals surface area contributed by atoms with Crippen molar-refractivity contribution in [1.29, 1.82) is 0 Å². The average Bonchev–Trinajstić information content (AvgIpc) is 3.26. The topological polar surface area (TPSA) is 87.7 Å². The van der Waals surface area contributed by atoms with Crippen molar-refractivity contribution in [1.82, 2.24) is 4.90 Å². The third kappa shape index (κ3) is 6.13. The van der Waals surface area contributed by atoms with E-state index in [4.69, 9.17) is 16.3 Å². The van der Waals surface area contributed by atoms with Crippen LogP contribution in [0.4, 0.5) is 20.6 Å². The van der Waals surface area contributed by atoms with Gasteiger partial charge in [-0.1, -0.05) is 65.7 Å². The molecule has 0 radical (unpaired) electrons. The second-order valence-corrected chi connectivity index (χ2v) is 9.89. The van der Waals surface area contributed by atoms with Crippen LogP contribution in [0.1, 0.15) is 33.2 Å². The molecule has 2 unspecified atom stereocenters. The summed E-state index contributed by atoms with van der Waals surface area (Å²) >= 11 is 5.99. The Morgan fingerprint density at radius 3 is 2.33 bits per heavy atom. The summed E-state index contributed by atoms with van der Waals surface area (Å²) < 4.78 is 19.5. The number of benzene rings is 4. The van der Waals surface area contributed by atoms with Crippen molar-refractivity contribution in [2.45, 2.75) is 25.6 Å². The molecule has 40 heavy (non-hydrogen) atoms. The largest absolute Gasteiger partial charge is 0.438 e. The fourth-order valence-electron chi connectivity index (χ4n) is 4.47. The zero-order chi connectivity index (χ0) is 28.2. The molecule has 5 rings (SSSR count). The molecule has 9 heteroatoms. The minimum absolute atomic E-state index is 0.143. The Hall–Kier alpha value is -4.69. The summed E-state index contributed by atoms with van der Waals surface area (Å²) in [6.07, 6.45) is -1.59. The molecule has 2 atom stereocenters. The molecule has 0 aromatic heterocycles. The maximum Gasteiger partial charge on any atom is 0.411 e. The summed E-state index contributed by atoms with van der Waals surface area (Å²) in [6.45, 7) is 2.10. The lowest BCUT2D eigenvalue weighted by Crippen LogP contribution is -2.43. The molecule has 0 saturated carbocycles. The Bertz CT molecular complexity index is 1560. The molecule has 1 aliphatic rings. The average molecular weight is 558 g/mol. The molecule has 7 nitrogen and oxygen atoms in total. The van der Waals surface area contributed by atoms with E-state index >= 15 is 0 Å². The van der Waals surface area contributed by atoms with Crippen LogP contribution in [-0.2, 0) is 16.1 Å². The van der Waals surface area contributed by atoms with Gasteiger partial charge in [0.2, 0.25) is 0 Å². The van der Waals surface area contributed by atoms with Crippen molar-refractivity contribution >= 4 is 40.9 Å². The van der Waals surface area contributed by atoms with Crippen LogP contribution >= 0.6 is 11.6 Å². The van der Waals surface area contributed by atoms with Crippen LogP contribution in [0.3, 0.4) is 0 Å². The monoisotopic (exact) mass is 557 g/mol. The molecule has 4 aromatic rings. The highest BCUT2D eigenvalue weighted by Gasteiger charge is 2.47. The van der Waals surface area contributed by atoms with Crippen molar-refractivity contribution in [3.8, 4) is 0 Å². The standard InChI is InChI=1S/C31H25ClFN3O4/c1-19-8-10-20(11-9-19)18-36-27(30(38)35-26-7-3-6-24(33)17-26)28(40-31(36)39)21-12-14-25(15-13-21)34-29(37)22-4-2-5-23(32)16-22/h2-17,27-28H,18H2,1H3,(H,34,37)(H,35,38). The molecular formula is C31H25ClFN3O4. The van der Waals surface area contributed by atoms with E-state index in [1.165, 1.54) is 23.1 Å². The number of hydrogen-bond acceptors (Lipinski definition) is 4. The minimum atomic E-state index is -1.04. The number of anilines is 2. The summed E-state index contributed by atoms with van der Waals surface area (Å²) in [4.78, 5) is 40.5. The van der Waals surface area contributed by atoms with Gasteiger partial charge in [-0.05, 0) is 66.6 Å². The van der Waals surface area contributed by atoms with Crippen molar-refractivity contribution in [3.05, 3.63) is 130 Å². The number of cyclic esters (lactones) is 1. The van der Waals surface area contributed by atoms with Crippen LogP contribution in [0.15, 0.2) is 97.1 Å². The van der Waals surface area contributed by atoms with Gasteiger partial charge in [-0.3, -0.25) is 14.5 Å². The maximum atomic E-state index is 13.8. The van der Waals surface area contributed by atoms with Crippen LogP contribution in [0.5, 0.6) is 0 Å². The van der Waals surface area contributed by atoms with Gasteiger partial charge in [0.1, 0.15) is 5.82 Å². The minimum Gasteiger partial charge on any atom is -0.438 e. The lowest BCUT2D eigenvalue weighted by molar-refractivity contribution is -0.121. The molecule has 202 valence electrons. The first-order chi connectivity index (χ1) is 19.3. The van der Waals surface area contributed by atoms with Crippen LogP contribution < -0.4 is 10.6 Å². The first-order valence-electron chi connectivity index (χ1n) is 12.5. The van der Waals surface area contributed by atoms with E-state index in [1.54, 1.807) is 54.6 Å². The zero-order valence-electron chi connectivity index (χ0n) is 21.4. The molecule has 1 fully saturated rings. The van der Waals surface area contributed by atoms with E-state index < -0.39 is 30.0 Å². The second-order valence-electron chi connectivity index (χ2n) is 9.45. The molecule has 0 spiro atoms. The van der Waals surface area contributed by atoms with Crippen molar-refractivity contribution in [2.75, 3.05) is 10.6 Å². The van der Waals surface area contributed by atoms with E-state index in [2.05, 4.69) is 10.6 Å². The molecule has 3 amide bonds. The van der Waals surface area contributed by atoms with Gasteiger partial charge in [0.15, 0.2) is 12.1 Å². The van der Waals surface area contributed by atoms with Crippen LogP contribution in [-0.4, -0.2) is 28.8 Å². The number of nitrogens with one attached hydrogen (secondary N) is 2. The summed E-state index contributed by atoms with van der Waals surface area (Å²) in [5, 5.41) is 5.96. The zero-order valence-corrected chi connectivity index (χ0v) is 22.2. The normalized spacial score (nSPS) is 16.4. The molecule has 1 aliphatic heterocycles. The van der Waals surface area contributed by atoms with Crippen molar-refractivity contribution in [2.24, 2.45) is 0 Å². The summed E-state index contributed by atoms with van der Waals surface area (Å²) in [5.41, 5.74) is 3.62. The summed E-state index contributed by atoms with van der Waals surface area (Å²) in [7, 11) is 0. The molecule has 1 heterocycles. The summed E-state index contributed by atoms with van der Waals surface area (Å²) in [5.74, 6) is -1.36. The third-order valence-electron chi connectivity index (χ3n) is 6.50. The first-order valence-corrected chi connectivity index (χ1v) is 12.9. The molecule has 4 aromatic carbocycles. The number of amides is 3. The molecule has 2 N–H and O–H groups in total. The van der Waals surface area contributed by atoms with Gasteiger partial charge < -0.3 is 15.4 Å². The molecular weight excluding hydrogens is 533 g/mol. The number of carbonyl (C=O) groups excluding carboxylic acids is 3. The van der Waals surface area contributed by atoms with Gasteiger partial charge in [-0.15, -0.1) is 0 Å². The Morgan fingerprint density at radius 1 is 0.900 bits per heavy atom. The first kappa shape index (κ1) is 26.9. The molecule has 0 aliphatic carbocycles. The third-order valence-corrected chi connectivity index (χ3v) is 6.74. The van der Waals surface area contributed by atoms with Gasteiger partial charge in [0.25, 0.3) is 11.8 Å². The van der Waals surface area contributed by atoms with Crippen LogP contribution in [0.2, 0.25) is 5.02 Å². The fourth-order valence-corrected chi connectivity index (χ4v) is 4.66. The van der Waals surface area contributed by atoms with Gasteiger partial charge in [-0.2, -0.15) is 0 Å². The highest BCUT2D eigenvalue weighted by atomic mass is 35.5. The predicted octanol–water partition coefficient (Wildman–Crippen LogP) is 6.74. The number of aryl methyl sites for hydroxylation is 1. The Labute approximate surface area is 235 Å². The number of hydrogen-bond donors (Lipinski definition) is 2. The van der Waals surface area contributed by atoms with Crippen molar-refractivity contribution < 1.29 is 23.5 Å². The van der Waals surface area contributed by atoms with Gasteiger partial charge in [0.05, 0.1) is 6.54 Å². The van der Waals surface area contributed by atoms with E-state index in [-0.39, 0.29) is 18.1 Å². The van der Waals surface area contributed by atoms with E-state index in [1.807, 2.05) is 31.2 Å². The van der Waals surface area contributed by atoms with Crippen LogP contribution in [0, 0.1) is 12.7 Å². The number of nitrogens with zero attached hydrogens (tertiary/aromatic N) is 1. The van der Waals surface area contributed by atoms with Crippen molar-refractivity contribution in [3.63, 3.8) is 0 Å². The molecule has 1 saturated heterocycles. The highest BCUT2D eigenvalue weighted by molar-refractivity contribution is 6.31. The van der Waals surface area contributed by atoms with Gasteiger partial charge in [-0.25, -0.2) is 9.18 Å². The number of carbonyl (C=O) groups is 3. The Morgan fingerprint density at radius 2 is 1.62 bits per heavy atom. The van der Waals surface area contributed by atoms with Crippen LogP contribution in [0.25, 0.3) is 0 Å².